The Bertz CT molecular complexity index is 1290. The number of nitrogens with zero attached hydrogens (tertiary/aromatic N) is 5. The summed E-state index contributed by atoms with van der Waals surface area (Å²) in [6.07, 6.45) is 1.43. The van der Waals surface area contributed by atoms with E-state index in [0.29, 0.717) is 58.1 Å². The molecule has 3 heterocycles. The van der Waals surface area contributed by atoms with E-state index in [2.05, 4.69) is 20.6 Å². The molecule has 3 aromatic rings. The predicted molar refractivity (Wildman–Crippen MR) is 139 cm³/mol. The normalized spacial score (nSPS) is 17.9. The molecule has 0 spiro atoms. The molecule has 1 atom stereocenters. The largest absolute Gasteiger partial charge is 0.395 e. The first-order chi connectivity index (χ1) is 17.4. The number of halogens is 3. The lowest BCUT2D eigenvalue weighted by Crippen LogP contribution is -2.52. The molecule has 5 rings (SSSR count). The summed E-state index contributed by atoms with van der Waals surface area (Å²) in [6.45, 7) is 2.01. The number of aliphatic hydroxyl groups is 1. The topological polar surface area (TPSA) is 96.9 Å². The molecule has 0 aliphatic carbocycles. The Morgan fingerprint density at radius 2 is 2.03 bits per heavy atom. The van der Waals surface area contributed by atoms with E-state index in [-0.39, 0.29) is 31.2 Å². The Morgan fingerprint density at radius 3 is 2.75 bits per heavy atom. The molecule has 1 aromatic heterocycles. The van der Waals surface area contributed by atoms with E-state index in [9.17, 15) is 14.3 Å². The van der Waals surface area contributed by atoms with Crippen LogP contribution in [0.15, 0.2) is 42.6 Å². The van der Waals surface area contributed by atoms with Crippen LogP contribution in [-0.4, -0.2) is 67.0 Å². The zero-order chi connectivity index (χ0) is 25.4. The van der Waals surface area contributed by atoms with Crippen LogP contribution in [0.5, 0.6) is 0 Å². The minimum Gasteiger partial charge on any atom is -0.395 e. The van der Waals surface area contributed by atoms with Gasteiger partial charge in [0.05, 0.1) is 34.7 Å². The van der Waals surface area contributed by atoms with Crippen molar-refractivity contribution in [1.82, 2.24) is 15.3 Å². The molecule has 9 nitrogen and oxygen atoms in total. The Labute approximate surface area is 217 Å². The number of piperazine rings is 1. The molecular weight excluding hydrogens is 508 g/mol. The van der Waals surface area contributed by atoms with Crippen LogP contribution in [0, 0.1) is 5.82 Å². The maximum absolute atomic E-state index is 14.9. The van der Waals surface area contributed by atoms with Gasteiger partial charge in [0.1, 0.15) is 17.2 Å². The van der Waals surface area contributed by atoms with Gasteiger partial charge in [-0.1, -0.05) is 29.3 Å². The molecule has 36 heavy (non-hydrogen) atoms. The Morgan fingerprint density at radius 1 is 1.25 bits per heavy atom. The fourth-order valence-electron chi connectivity index (χ4n) is 4.42. The van der Waals surface area contributed by atoms with Gasteiger partial charge in [0.2, 0.25) is 5.95 Å². The molecule has 2 aromatic carbocycles. The third kappa shape index (κ3) is 4.64. The van der Waals surface area contributed by atoms with Gasteiger partial charge < -0.3 is 25.5 Å². The van der Waals surface area contributed by atoms with Crippen molar-refractivity contribution in [2.45, 2.75) is 6.04 Å². The second-order valence-corrected chi connectivity index (χ2v) is 9.46. The van der Waals surface area contributed by atoms with Crippen LogP contribution in [0.2, 0.25) is 10.0 Å². The number of fused-ring (bicyclic) bond motifs is 1. The number of para-hydroxylation sites is 1. The summed E-state index contributed by atoms with van der Waals surface area (Å²) >= 11 is 12.6. The Hall–Kier alpha value is -3.18. The molecule has 0 bridgehead atoms. The smallest absolute Gasteiger partial charge is 0.265 e. The zero-order valence-corrected chi connectivity index (χ0v) is 20.9. The summed E-state index contributed by atoms with van der Waals surface area (Å²) in [5.74, 6) is -0.0504. The number of rotatable bonds is 5. The molecule has 1 fully saturated rings. The number of aromatic nitrogens is 2. The minimum atomic E-state index is -0.392. The summed E-state index contributed by atoms with van der Waals surface area (Å²) in [5, 5.41) is 16.3. The number of benzene rings is 2. The van der Waals surface area contributed by atoms with Gasteiger partial charge in [-0.2, -0.15) is 4.98 Å². The lowest BCUT2D eigenvalue weighted by molar-refractivity contribution is 0.0982. The molecule has 3 N–H and O–H groups in total. The molecule has 1 amide bonds. The average Bonchev–Trinajstić information content (AvgIpc) is 2.87. The van der Waals surface area contributed by atoms with Crippen LogP contribution in [0.4, 0.5) is 33.2 Å². The van der Waals surface area contributed by atoms with Gasteiger partial charge in [-0.05, 0) is 30.3 Å². The van der Waals surface area contributed by atoms with Crippen LogP contribution in [-0.2, 0) is 0 Å². The van der Waals surface area contributed by atoms with Crippen molar-refractivity contribution in [3.8, 4) is 0 Å². The molecule has 188 valence electrons. The van der Waals surface area contributed by atoms with E-state index in [4.69, 9.17) is 23.2 Å². The zero-order valence-electron chi connectivity index (χ0n) is 19.4. The fourth-order valence-corrected chi connectivity index (χ4v) is 5.02. The molecule has 2 aliphatic heterocycles. The Balaban J connectivity index is 1.36. The highest BCUT2D eigenvalue weighted by atomic mass is 35.5. The van der Waals surface area contributed by atoms with Crippen LogP contribution in [0.3, 0.4) is 0 Å². The van der Waals surface area contributed by atoms with Crippen LogP contribution in [0.1, 0.15) is 10.4 Å². The molecule has 0 saturated carbocycles. The third-order valence-electron chi connectivity index (χ3n) is 6.19. The molecular formula is C24H24Cl2FN7O2. The lowest BCUT2D eigenvalue weighted by atomic mass is 10.1. The van der Waals surface area contributed by atoms with Gasteiger partial charge in [0, 0.05) is 44.6 Å². The van der Waals surface area contributed by atoms with E-state index in [0.717, 1.165) is 0 Å². The van der Waals surface area contributed by atoms with Crippen molar-refractivity contribution in [2.24, 2.45) is 0 Å². The van der Waals surface area contributed by atoms with Crippen LogP contribution < -0.4 is 25.3 Å². The van der Waals surface area contributed by atoms with Gasteiger partial charge in [-0.25, -0.2) is 9.37 Å². The highest BCUT2D eigenvalue weighted by Crippen LogP contribution is 2.37. The number of hydrogen-bond donors (Lipinski definition) is 3. The summed E-state index contributed by atoms with van der Waals surface area (Å²) in [6, 6.07) is 9.78. The summed E-state index contributed by atoms with van der Waals surface area (Å²) in [5.41, 5.74) is 1.66. The first-order valence-corrected chi connectivity index (χ1v) is 12.1. The van der Waals surface area contributed by atoms with Gasteiger partial charge >= 0.3 is 0 Å². The number of anilines is 5. The van der Waals surface area contributed by atoms with Gasteiger partial charge in [0.15, 0.2) is 0 Å². The van der Waals surface area contributed by atoms with Crippen molar-refractivity contribution in [2.75, 3.05) is 60.0 Å². The standard InChI is InChI=1S/C24H24Cl2FN7O2/c1-32-13-34(21-17(25)3-2-4-18(21)26)23(36)16-10-29-24(31-22(16)32)30-14-5-6-20(19(27)9-14)33-8-7-28-15(11-33)12-35/h2-6,9-10,15,28,35H,7-8,11-13H2,1H3,(H,29,30,31). The summed E-state index contributed by atoms with van der Waals surface area (Å²) in [7, 11) is 1.79. The van der Waals surface area contributed by atoms with E-state index < -0.39 is 5.82 Å². The number of carbonyl (C=O) groups is 1. The molecule has 1 saturated heterocycles. The predicted octanol–water partition coefficient (Wildman–Crippen LogP) is 3.49. The maximum atomic E-state index is 14.9. The van der Waals surface area contributed by atoms with Crippen molar-refractivity contribution in [3.63, 3.8) is 0 Å². The van der Waals surface area contributed by atoms with Crippen molar-refractivity contribution >= 4 is 57.9 Å². The van der Waals surface area contributed by atoms with Crippen molar-refractivity contribution in [3.05, 3.63) is 64.0 Å². The monoisotopic (exact) mass is 531 g/mol. The van der Waals surface area contributed by atoms with Gasteiger partial charge in [-0.3, -0.25) is 9.69 Å². The van der Waals surface area contributed by atoms with Crippen LogP contribution >= 0.6 is 23.2 Å². The molecule has 0 radical (unpaired) electrons. The number of carbonyl (C=O) groups excluding carboxylic acids is 1. The quantitative estimate of drug-likeness (QED) is 0.460. The first kappa shape index (κ1) is 24.5. The maximum Gasteiger partial charge on any atom is 0.265 e. The van der Waals surface area contributed by atoms with Crippen LogP contribution in [0.25, 0.3) is 0 Å². The van der Waals surface area contributed by atoms with E-state index in [1.807, 2.05) is 4.90 Å². The number of aliphatic hydroxyl groups excluding tert-OH is 1. The summed E-state index contributed by atoms with van der Waals surface area (Å²) in [4.78, 5) is 27.2. The number of nitrogens with one attached hydrogen (secondary N) is 2. The Kier molecular flexibility index (Phi) is 6.85. The highest BCUT2D eigenvalue weighted by molar-refractivity contribution is 6.40. The SMILES string of the molecule is CN1CN(c2c(Cl)cccc2Cl)C(=O)c2cnc(Nc3ccc(N4CCNC(CO)C4)c(F)c3)nc21. The number of hydrogen-bond acceptors (Lipinski definition) is 8. The second kappa shape index (κ2) is 10.1. The number of amides is 1. The summed E-state index contributed by atoms with van der Waals surface area (Å²) < 4.78 is 14.9. The molecule has 2 aliphatic rings. The molecule has 12 heteroatoms. The average molecular weight is 532 g/mol. The van der Waals surface area contributed by atoms with Crippen molar-refractivity contribution in [1.29, 1.82) is 0 Å². The van der Waals surface area contributed by atoms with E-state index >= 15 is 0 Å². The molecule has 1 unspecified atom stereocenters. The fraction of sp³-hybridized carbons (Fsp3) is 0.292. The first-order valence-electron chi connectivity index (χ1n) is 11.4. The second-order valence-electron chi connectivity index (χ2n) is 8.64. The highest BCUT2D eigenvalue weighted by Gasteiger charge is 2.32. The van der Waals surface area contributed by atoms with E-state index in [1.165, 1.54) is 17.2 Å². The van der Waals surface area contributed by atoms with Gasteiger partial charge in [-0.15, -0.1) is 0 Å². The van der Waals surface area contributed by atoms with Crippen molar-refractivity contribution < 1.29 is 14.3 Å². The van der Waals surface area contributed by atoms with E-state index in [1.54, 1.807) is 42.3 Å². The van der Waals surface area contributed by atoms with Gasteiger partial charge in [0.25, 0.3) is 5.91 Å². The lowest BCUT2D eigenvalue weighted by Gasteiger charge is -2.35. The minimum absolute atomic E-state index is 0.00639. The third-order valence-corrected chi connectivity index (χ3v) is 6.80.